The van der Waals surface area contributed by atoms with Crippen LogP contribution in [0.3, 0.4) is 0 Å². The lowest BCUT2D eigenvalue weighted by Crippen LogP contribution is -2.30. The molecule has 3 aromatic rings. The Morgan fingerprint density at radius 1 is 1.21 bits per heavy atom. The second-order valence-corrected chi connectivity index (χ2v) is 6.77. The first kappa shape index (κ1) is 19.6. The van der Waals surface area contributed by atoms with Gasteiger partial charge in [0.05, 0.1) is 18.8 Å². The SMILES string of the molecule is COc1cccc(C(=O)N[C@@H](Cc2cc(=O)[nH]c(C)n2)c2ccc(Cl)cc2)c1. The van der Waals surface area contributed by atoms with E-state index in [0.29, 0.717) is 34.3 Å². The van der Waals surface area contributed by atoms with E-state index in [9.17, 15) is 9.59 Å². The van der Waals surface area contributed by atoms with Crippen LogP contribution in [-0.2, 0) is 6.42 Å². The van der Waals surface area contributed by atoms with Crippen LogP contribution in [0.2, 0.25) is 5.02 Å². The highest BCUT2D eigenvalue weighted by Crippen LogP contribution is 2.21. The lowest BCUT2D eigenvalue weighted by Gasteiger charge is -2.19. The predicted molar refractivity (Wildman–Crippen MR) is 108 cm³/mol. The third kappa shape index (κ3) is 4.98. The van der Waals surface area contributed by atoms with Crippen LogP contribution < -0.4 is 15.6 Å². The Hall–Kier alpha value is -3.12. The van der Waals surface area contributed by atoms with Crippen LogP contribution in [-0.4, -0.2) is 23.0 Å². The third-order valence-electron chi connectivity index (χ3n) is 4.24. The Morgan fingerprint density at radius 2 is 1.96 bits per heavy atom. The summed E-state index contributed by atoms with van der Waals surface area (Å²) in [6.07, 6.45) is 0.363. The minimum absolute atomic E-state index is 0.225. The molecule has 28 heavy (non-hydrogen) atoms. The number of carbonyl (C=O) groups is 1. The highest BCUT2D eigenvalue weighted by atomic mass is 35.5. The molecule has 2 N–H and O–H groups in total. The Kier molecular flexibility index (Phi) is 6.11. The van der Waals surface area contributed by atoms with Crippen molar-refractivity contribution in [3.8, 4) is 5.75 Å². The number of nitrogens with zero attached hydrogens (tertiary/aromatic N) is 1. The summed E-state index contributed by atoms with van der Waals surface area (Å²) in [5.41, 5.74) is 1.71. The summed E-state index contributed by atoms with van der Waals surface area (Å²) in [5, 5.41) is 3.62. The number of nitrogens with one attached hydrogen (secondary N) is 2. The number of aromatic amines is 1. The van der Waals surface area contributed by atoms with Crippen molar-refractivity contribution in [1.82, 2.24) is 15.3 Å². The van der Waals surface area contributed by atoms with Gasteiger partial charge in [0.15, 0.2) is 0 Å². The third-order valence-corrected chi connectivity index (χ3v) is 4.49. The molecule has 7 heteroatoms. The Balaban J connectivity index is 1.90. The van der Waals surface area contributed by atoms with Gasteiger partial charge >= 0.3 is 0 Å². The Morgan fingerprint density at radius 3 is 2.64 bits per heavy atom. The van der Waals surface area contributed by atoms with Crippen molar-refractivity contribution in [2.24, 2.45) is 0 Å². The van der Waals surface area contributed by atoms with Crippen LogP contribution in [0.25, 0.3) is 0 Å². The van der Waals surface area contributed by atoms with E-state index in [4.69, 9.17) is 16.3 Å². The molecular weight excluding hydrogens is 378 g/mol. The number of methoxy groups -OCH3 is 1. The van der Waals surface area contributed by atoms with Crippen LogP contribution >= 0.6 is 11.6 Å². The Bertz CT molecular complexity index is 1030. The van der Waals surface area contributed by atoms with Gasteiger partial charge in [-0.3, -0.25) is 9.59 Å². The number of halogens is 1. The van der Waals surface area contributed by atoms with Gasteiger partial charge in [0, 0.05) is 23.1 Å². The lowest BCUT2D eigenvalue weighted by molar-refractivity contribution is 0.0936. The van der Waals surface area contributed by atoms with Crippen molar-refractivity contribution in [3.05, 3.63) is 92.6 Å². The number of aromatic nitrogens is 2. The van der Waals surface area contributed by atoms with Gasteiger partial charge in [-0.25, -0.2) is 4.98 Å². The van der Waals surface area contributed by atoms with E-state index in [1.54, 1.807) is 50.4 Å². The molecule has 1 atom stereocenters. The highest BCUT2D eigenvalue weighted by Gasteiger charge is 2.18. The summed E-state index contributed by atoms with van der Waals surface area (Å²) in [4.78, 5) is 31.6. The van der Waals surface area contributed by atoms with Gasteiger partial charge in [-0.15, -0.1) is 0 Å². The van der Waals surface area contributed by atoms with Gasteiger partial charge in [0.2, 0.25) is 0 Å². The van der Waals surface area contributed by atoms with Crippen LogP contribution in [0.1, 0.15) is 33.5 Å². The minimum atomic E-state index is -0.385. The second-order valence-electron chi connectivity index (χ2n) is 6.34. The number of hydrogen-bond donors (Lipinski definition) is 2. The fraction of sp³-hybridized carbons (Fsp3) is 0.190. The van der Waals surface area contributed by atoms with Gasteiger partial charge in [-0.1, -0.05) is 29.8 Å². The number of aryl methyl sites for hydroxylation is 1. The van der Waals surface area contributed by atoms with Gasteiger partial charge in [0.1, 0.15) is 11.6 Å². The summed E-state index contributed by atoms with van der Waals surface area (Å²) < 4.78 is 5.19. The standard InChI is InChI=1S/C21H20ClN3O3/c1-13-23-17(12-20(26)24-13)11-19(14-6-8-16(22)9-7-14)25-21(27)15-4-3-5-18(10-15)28-2/h3-10,12,19H,11H2,1-2H3,(H,25,27)(H,23,24,26)/t19-/m0/s1. The van der Waals surface area contributed by atoms with Crippen molar-refractivity contribution < 1.29 is 9.53 Å². The van der Waals surface area contributed by atoms with Crippen molar-refractivity contribution >= 4 is 17.5 Å². The molecule has 0 saturated heterocycles. The van der Waals surface area contributed by atoms with E-state index in [1.807, 2.05) is 12.1 Å². The quantitative estimate of drug-likeness (QED) is 0.667. The molecule has 144 valence electrons. The highest BCUT2D eigenvalue weighted by molar-refractivity contribution is 6.30. The number of rotatable bonds is 6. The van der Waals surface area contributed by atoms with E-state index in [1.165, 1.54) is 6.07 Å². The number of carbonyl (C=O) groups excluding carboxylic acids is 1. The summed E-state index contributed by atoms with van der Waals surface area (Å²) >= 11 is 5.99. The maximum Gasteiger partial charge on any atom is 0.251 e. The molecule has 0 saturated carbocycles. The number of H-pyrrole nitrogens is 1. The van der Waals surface area contributed by atoms with Crippen LogP contribution in [0.5, 0.6) is 5.75 Å². The van der Waals surface area contributed by atoms with Gasteiger partial charge < -0.3 is 15.0 Å². The van der Waals surface area contributed by atoms with Crippen LogP contribution in [0, 0.1) is 6.92 Å². The average molecular weight is 398 g/mol. The largest absolute Gasteiger partial charge is 0.497 e. The first-order valence-corrected chi connectivity index (χ1v) is 9.09. The monoisotopic (exact) mass is 397 g/mol. The molecule has 1 heterocycles. The van der Waals surface area contributed by atoms with Crippen molar-refractivity contribution in [3.63, 3.8) is 0 Å². The molecule has 0 fully saturated rings. The zero-order valence-electron chi connectivity index (χ0n) is 15.5. The molecule has 1 aromatic heterocycles. The van der Waals surface area contributed by atoms with E-state index in [0.717, 1.165) is 5.56 Å². The lowest BCUT2D eigenvalue weighted by atomic mass is 10.0. The number of amides is 1. The van der Waals surface area contributed by atoms with Crippen LogP contribution in [0.4, 0.5) is 0 Å². The molecule has 0 aliphatic rings. The van der Waals surface area contributed by atoms with Gasteiger partial charge in [-0.05, 0) is 42.8 Å². The summed E-state index contributed by atoms with van der Waals surface area (Å²) in [5.74, 6) is 0.875. The zero-order chi connectivity index (χ0) is 20.1. The molecule has 0 bridgehead atoms. The van der Waals surface area contributed by atoms with E-state index in [2.05, 4.69) is 15.3 Å². The number of benzene rings is 2. The molecule has 0 radical (unpaired) electrons. The first-order chi connectivity index (χ1) is 13.4. The maximum absolute atomic E-state index is 12.8. The van der Waals surface area contributed by atoms with Gasteiger partial charge in [0.25, 0.3) is 11.5 Å². The maximum atomic E-state index is 12.8. The van der Waals surface area contributed by atoms with Crippen LogP contribution in [0.15, 0.2) is 59.4 Å². The molecule has 0 aliphatic heterocycles. The summed E-state index contributed by atoms with van der Waals surface area (Å²) in [6, 6.07) is 15.2. The van der Waals surface area contributed by atoms with Gasteiger partial charge in [-0.2, -0.15) is 0 Å². The van der Waals surface area contributed by atoms with E-state index in [-0.39, 0.29) is 17.5 Å². The number of ether oxygens (including phenoxy) is 1. The molecule has 0 unspecified atom stereocenters. The predicted octanol–water partition coefficient (Wildman–Crippen LogP) is 3.45. The smallest absolute Gasteiger partial charge is 0.251 e. The Labute approximate surface area is 167 Å². The molecule has 0 aliphatic carbocycles. The minimum Gasteiger partial charge on any atom is -0.497 e. The first-order valence-electron chi connectivity index (χ1n) is 8.72. The second kappa shape index (κ2) is 8.71. The topological polar surface area (TPSA) is 84.1 Å². The molecule has 0 spiro atoms. The average Bonchev–Trinajstić information content (AvgIpc) is 2.67. The molecule has 1 amide bonds. The van der Waals surface area contributed by atoms with E-state index >= 15 is 0 Å². The molecule has 6 nitrogen and oxygen atoms in total. The molecular formula is C21H20ClN3O3. The number of hydrogen-bond acceptors (Lipinski definition) is 4. The molecule has 3 rings (SSSR count). The van der Waals surface area contributed by atoms with Crippen molar-refractivity contribution in [2.75, 3.05) is 7.11 Å². The van der Waals surface area contributed by atoms with Crippen molar-refractivity contribution in [1.29, 1.82) is 0 Å². The summed E-state index contributed by atoms with van der Waals surface area (Å²) in [6.45, 7) is 1.72. The van der Waals surface area contributed by atoms with Crippen molar-refractivity contribution in [2.45, 2.75) is 19.4 Å². The fourth-order valence-corrected chi connectivity index (χ4v) is 3.03. The fourth-order valence-electron chi connectivity index (χ4n) is 2.91. The normalized spacial score (nSPS) is 11.7. The van der Waals surface area contributed by atoms with E-state index < -0.39 is 0 Å². The molecule has 2 aromatic carbocycles. The zero-order valence-corrected chi connectivity index (χ0v) is 16.3. The summed E-state index contributed by atoms with van der Waals surface area (Å²) in [7, 11) is 1.55.